The van der Waals surface area contributed by atoms with Gasteiger partial charge in [0, 0.05) is 45.0 Å². The molecule has 1 aromatic carbocycles. The van der Waals surface area contributed by atoms with Crippen LogP contribution in [0.25, 0.3) is 0 Å². The second-order valence-corrected chi connectivity index (χ2v) is 10.4. The minimum Gasteiger partial charge on any atom is -0.339 e. The quantitative estimate of drug-likeness (QED) is 0.651. The van der Waals surface area contributed by atoms with Crippen LogP contribution in [0.1, 0.15) is 23.7 Å². The van der Waals surface area contributed by atoms with Crippen LogP contribution in [0.3, 0.4) is 0 Å². The highest BCUT2D eigenvalue weighted by Gasteiger charge is 2.32. The molecule has 0 atom stereocenters. The number of aryl methyl sites for hydroxylation is 1. The lowest BCUT2D eigenvalue weighted by atomic mass is 10.2. The topological polar surface area (TPSA) is 110 Å². The lowest BCUT2D eigenvalue weighted by molar-refractivity contribution is 0.101. The Morgan fingerprint density at radius 3 is 2.00 bits per heavy atom. The molecule has 0 aliphatic carbocycles. The number of carbonyl (C=O) groups is 1. The van der Waals surface area contributed by atoms with Crippen LogP contribution in [0.15, 0.2) is 46.7 Å². The van der Waals surface area contributed by atoms with Crippen LogP contribution >= 0.6 is 0 Å². The van der Waals surface area contributed by atoms with E-state index in [0.717, 1.165) is 0 Å². The van der Waals surface area contributed by atoms with Gasteiger partial charge >= 0.3 is 0 Å². The fourth-order valence-corrected chi connectivity index (χ4v) is 5.92. The predicted octanol–water partition coefficient (Wildman–Crippen LogP) is 0.708. The summed E-state index contributed by atoms with van der Waals surface area (Å²) in [4.78, 5) is 15.4. The van der Waals surface area contributed by atoms with Gasteiger partial charge in [-0.2, -0.15) is 8.61 Å². The Kier molecular flexibility index (Phi) is 5.71. The van der Waals surface area contributed by atoms with E-state index in [2.05, 4.69) is 4.98 Å². The Morgan fingerprint density at radius 1 is 0.929 bits per heavy atom. The molecule has 2 aromatic rings. The molecule has 1 fully saturated rings. The van der Waals surface area contributed by atoms with Crippen LogP contribution in [0.5, 0.6) is 0 Å². The maximum Gasteiger partial charge on any atom is 0.262 e. The van der Waals surface area contributed by atoms with Crippen molar-refractivity contribution in [1.82, 2.24) is 18.2 Å². The first-order valence-electron chi connectivity index (χ1n) is 8.71. The summed E-state index contributed by atoms with van der Waals surface area (Å²) in [6.45, 7) is 1.93. The molecule has 0 spiro atoms. The third-order valence-electron chi connectivity index (χ3n) is 4.60. The molecule has 1 aromatic heterocycles. The summed E-state index contributed by atoms with van der Waals surface area (Å²) in [5, 5.41) is -0.0499. The molecule has 1 saturated heterocycles. The van der Waals surface area contributed by atoms with Crippen molar-refractivity contribution in [2.75, 3.05) is 26.2 Å². The molecule has 0 radical (unpaired) electrons. The van der Waals surface area contributed by atoms with Crippen molar-refractivity contribution in [2.45, 2.75) is 23.3 Å². The van der Waals surface area contributed by atoms with Crippen LogP contribution in [0.4, 0.5) is 0 Å². The van der Waals surface area contributed by atoms with Gasteiger partial charge in [0.25, 0.3) is 10.0 Å². The maximum absolute atomic E-state index is 12.9. The molecule has 3 rings (SSSR count). The van der Waals surface area contributed by atoms with Gasteiger partial charge in [0.2, 0.25) is 10.0 Å². The summed E-state index contributed by atoms with van der Waals surface area (Å²) in [5.74, 6) is -0.144. The lowest BCUT2D eigenvalue weighted by Gasteiger charge is -2.21. The normalized spacial score (nSPS) is 17.4. The summed E-state index contributed by atoms with van der Waals surface area (Å²) < 4.78 is 55.4. The standard InChI is InChI=1S/C17H22N4O5S2/c1-14(22)15-4-6-16(7-5-15)27(23,24)20-8-3-9-21(11-10-20)28(25,26)17-12-19(2)13-18-17/h4-7,12-13H,3,8-11H2,1-2H3. The molecule has 0 unspecified atom stereocenters. The second-order valence-electron chi connectivity index (χ2n) is 6.62. The zero-order chi connectivity index (χ0) is 20.5. The number of hydrogen-bond acceptors (Lipinski definition) is 6. The van der Waals surface area contributed by atoms with E-state index in [1.54, 1.807) is 11.6 Å². The zero-order valence-corrected chi connectivity index (χ0v) is 17.3. The Labute approximate surface area is 164 Å². The van der Waals surface area contributed by atoms with Gasteiger partial charge in [-0.15, -0.1) is 0 Å². The van der Waals surface area contributed by atoms with Gasteiger partial charge in [0.05, 0.1) is 11.2 Å². The molecule has 1 aliphatic heterocycles. The van der Waals surface area contributed by atoms with Crippen LogP contribution in [0.2, 0.25) is 0 Å². The number of rotatable bonds is 5. The van der Waals surface area contributed by atoms with Crippen LogP contribution in [0, 0.1) is 0 Å². The first-order valence-corrected chi connectivity index (χ1v) is 11.6. The third-order valence-corrected chi connectivity index (χ3v) is 8.30. The SMILES string of the molecule is CC(=O)c1ccc(S(=O)(=O)N2CCCN(S(=O)(=O)c3cn(C)cn3)CC2)cc1. The average Bonchev–Trinajstić information content (AvgIpc) is 2.93. The van der Waals surface area contributed by atoms with Crippen molar-refractivity contribution < 1.29 is 21.6 Å². The minimum atomic E-state index is -3.78. The third kappa shape index (κ3) is 4.02. The number of carbonyl (C=O) groups excluding carboxylic acids is 1. The number of nitrogens with zero attached hydrogens (tertiary/aromatic N) is 4. The van der Waals surface area contributed by atoms with Gasteiger partial charge in [-0.3, -0.25) is 4.79 Å². The van der Waals surface area contributed by atoms with Crippen LogP contribution in [-0.2, 0) is 27.1 Å². The number of hydrogen-bond donors (Lipinski definition) is 0. The number of benzene rings is 1. The van der Waals surface area contributed by atoms with E-state index in [9.17, 15) is 21.6 Å². The molecule has 2 heterocycles. The van der Waals surface area contributed by atoms with Crippen molar-refractivity contribution in [2.24, 2.45) is 7.05 Å². The van der Waals surface area contributed by atoms with Crippen molar-refractivity contribution in [1.29, 1.82) is 0 Å². The van der Waals surface area contributed by atoms with E-state index < -0.39 is 20.0 Å². The molecule has 28 heavy (non-hydrogen) atoms. The first-order chi connectivity index (χ1) is 13.1. The number of imidazole rings is 1. The molecule has 152 valence electrons. The van der Waals surface area contributed by atoms with Gasteiger partial charge in [-0.1, -0.05) is 12.1 Å². The molecular weight excluding hydrogens is 404 g/mol. The van der Waals surface area contributed by atoms with Crippen molar-refractivity contribution in [3.8, 4) is 0 Å². The van der Waals surface area contributed by atoms with Crippen molar-refractivity contribution in [3.63, 3.8) is 0 Å². The first kappa shape index (κ1) is 20.6. The maximum atomic E-state index is 12.9. The largest absolute Gasteiger partial charge is 0.339 e. The summed E-state index contributed by atoms with van der Waals surface area (Å²) in [7, 11) is -5.87. The Morgan fingerprint density at radius 2 is 1.50 bits per heavy atom. The predicted molar refractivity (Wildman–Crippen MR) is 102 cm³/mol. The smallest absolute Gasteiger partial charge is 0.262 e. The van der Waals surface area contributed by atoms with Gasteiger partial charge in [0.1, 0.15) is 0 Å². The molecule has 9 nitrogen and oxygen atoms in total. The minimum absolute atomic E-state index is 0.0445. The second kappa shape index (κ2) is 7.74. The van der Waals surface area contributed by atoms with Crippen molar-refractivity contribution >= 4 is 25.8 Å². The number of Topliss-reactive ketones (excluding diaryl/α,β-unsaturated/α-hetero) is 1. The number of aromatic nitrogens is 2. The highest BCUT2D eigenvalue weighted by Crippen LogP contribution is 2.21. The average molecular weight is 427 g/mol. The molecule has 0 N–H and O–H groups in total. The molecule has 11 heteroatoms. The Balaban J connectivity index is 1.78. The molecular formula is C17H22N4O5S2. The summed E-state index contributed by atoms with van der Waals surface area (Å²) in [6.07, 6.45) is 3.20. The number of ketones is 1. The molecule has 0 bridgehead atoms. The Hall–Kier alpha value is -2.08. The van der Waals surface area contributed by atoms with Gasteiger partial charge in [-0.25, -0.2) is 21.8 Å². The fourth-order valence-electron chi connectivity index (χ4n) is 3.02. The lowest BCUT2D eigenvalue weighted by Crippen LogP contribution is -2.37. The molecule has 1 aliphatic rings. The van der Waals surface area contributed by atoms with Crippen molar-refractivity contribution in [3.05, 3.63) is 42.4 Å². The summed E-state index contributed by atoms with van der Waals surface area (Å²) in [6, 6.07) is 5.76. The highest BCUT2D eigenvalue weighted by molar-refractivity contribution is 7.89. The van der Waals surface area contributed by atoms with E-state index in [0.29, 0.717) is 12.0 Å². The molecule has 0 amide bonds. The summed E-state index contributed by atoms with van der Waals surface area (Å²) >= 11 is 0. The van der Waals surface area contributed by atoms with Gasteiger partial charge in [-0.05, 0) is 25.5 Å². The summed E-state index contributed by atoms with van der Waals surface area (Å²) in [5.41, 5.74) is 0.433. The van der Waals surface area contributed by atoms with Crippen LogP contribution < -0.4 is 0 Å². The van der Waals surface area contributed by atoms with E-state index in [4.69, 9.17) is 0 Å². The number of sulfonamides is 2. The monoisotopic (exact) mass is 426 g/mol. The Bertz CT molecular complexity index is 1080. The molecule has 0 saturated carbocycles. The van der Waals surface area contributed by atoms with Crippen LogP contribution in [-0.4, -0.2) is 67.0 Å². The van der Waals surface area contributed by atoms with Gasteiger partial charge < -0.3 is 4.57 Å². The fraction of sp³-hybridized carbons (Fsp3) is 0.412. The van der Waals surface area contributed by atoms with E-state index in [1.807, 2.05) is 0 Å². The highest BCUT2D eigenvalue weighted by atomic mass is 32.2. The van der Waals surface area contributed by atoms with E-state index in [1.165, 1.54) is 52.3 Å². The van der Waals surface area contributed by atoms with E-state index in [-0.39, 0.29) is 41.9 Å². The zero-order valence-electron chi connectivity index (χ0n) is 15.6. The van der Waals surface area contributed by atoms with E-state index >= 15 is 0 Å². The van der Waals surface area contributed by atoms with Gasteiger partial charge in [0.15, 0.2) is 10.8 Å².